The van der Waals surface area contributed by atoms with Crippen molar-refractivity contribution in [1.82, 2.24) is 40.7 Å². The van der Waals surface area contributed by atoms with Gasteiger partial charge in [-0.2, -0.15) is 0 Å². The third kappa shape index (κ3) is 14.5. The number of fused-ring (bicyclic) bond motifs is 1. The van der Waals surface area contributed by atoms with Crippen LogP contribution in [0.5, 0.6) is 5.75 Å². The Morgan fingerprint density at radius 3 is 2.24 bits per heavy atom. The Hall–Kier alpha value is -6.63. The average molecular weight is 1020 g/mol. The molecule has 0 aliphatic carbocycles. The summed E-state index contributed by atoms with van der Waals surface area (Å²) in [4.78, 5) is 107. The fourth-order valence-electron chi connectivity index (χ4n) is 7.83. The van der Waals surface area contributed by atoms with Gasteiger partial charge in [0.15, 0.2) is 11.7 Å². The molecule has 7 amide bonds. The molecule has 7 rings (SSSR count). The molecule has 71 heavy (non-hydrogen) atoms. The zero-order chi connectivity index (χ0) is 50.3. The first-order valence-electron chi connectivity index (χ1n) is 23.2. The van der Waals surface area contributed by atoms with Crippen LogP contribution in [-0.4, -0.2) is 164 Å². The molecule has 22 nitrogen and oxygen atoms in total. The van der Waals surface area contributed by atoms with Crippen LogP contribution in [0.1, 0.15) is 67.5 Å². The molecule has 3 aliphatic heterocycles. The second-order valence-electron chi connectivity index (χ2n) is 16.6. The molecule has 2 fully saturated rings. The number of aryl methyl sites for hydroxylation is 2. The first kappa shape index (κ1) is 52.2. The standard InChI is InChI=1S/C47H56ClN11O11S/c1-29-7-3-9-32(48)42(29)56-44(64)35-26-51-47(71-35)54-36-25-37(53-30(2)52-36)58-17-15-57(16-18-58)27-39(61)49-13-5-19-67-21-23-69-24-22-68-20-6-14-50-40(62)28-70-34-10-4-8-31-41(34)46(66)59(45(31)65)33-11-12-38(60)55-43(33)63/h3-4,7-10,25-26,33H,5-6,11-24,27-28H2,1-2H3,(H,49,61)(H,50,62)(H,56,64)(H,55,60,63)(H,51,52,53,54). The van der Waals surface area contributed by atoms with Crippen LogP contribution in [0.3, 0.4) is 0 Å². The van der Waals surface area contributed by atoms with Crippen molar-refractivity contribution in [3.63, 3.8) is 0 Å². The molecule has 2 saturated heterocycles. The second kappa shape index (κ2) is 25.5. The lowest BCUT2D eigenvalue weighted by Crippen LogP contribution is -2.54. The van der Waals surface area contributed by atoms with E-state index in [0.29, 0.717) is 131 Å². The monoisotopic (exact) mass is 1020 g/mol. The number of piperazine rings is 1. The van der Waals surface area contributed by atoms with Gasteiger partial charge in [0.05, 0.1) is 61.0 Å². The Kier molecular flexibility index (Phi) is 18.7. The Labute approximate surface area is 418 Å². The van der Waals surface area contributed by atoms with Crippen LogP contribution in [0.25, 0.3) is 0 Å². The quantitative estimate of drug-likeness (QED) is 0.0472. The van der Waals surface area contributed by atoms with E-state index in [1.165, 1.54) is 35.7 Å². The van der Waals surface area contributed by atoms with Crippen molar-refractivity contribution < 1.29 is 52.5 Å². The highest BCUT2D eigenvalue weighted by atomic mass is 35.5. The molecule has 2 aromatic heterocycles. The van der Waals surface area contributed by atoms with Gasteiger partial charge < -0.3 is 45.1 Å². The minimum atomic E-state index is -1.11. The zero-order valence-electron chi connectivity index (χ0n) is 39.4. The van der Waals surface area contributed by atoms with Gasteiger partial charge in [0, 0.05) is 65.0 Å². The molecule has 0 bridgehead atoms. The van der Waals surface area contributed by atoms with Gasteiger partial charge in [-0.25, -0.2) is 15.0 Å². The van der Waals surface area contributed by atoms with Crippen molar-refractivity contribution in [3.8, 4) is 5.75 Å². The molecule has 5 heterocycles. The van der Waals surface area contributed by atoms with Crippen molar-refractivity contribution >= 4 is 86.7 Å². The Morgan fingerprint density at radius 2 is 1.54 bits per heavy atom. The molecule has 5 N–H and O–H groups in total. The number of amides is 7. The normalized spacial score (nSPS) is 15.9. The lowest BCUT2D eigenvalue weighted by molar-refractivity contribution is -0.136. The smallest absolute Gasteiger partial charge is 0.267 e. The predicted molar refractivity (Wildman–Crippen MR) is 261 cm³/mol. The summed E-state index contributed by atoms with van der Waals surface area (Å²) >= 11 is 7.48. The van der Waals surface area contributed by atoms with E-state index in [1.807, 2.05) is 32.0 Å². The summed E-state index contributed by atoms with van der Waals surface area (Å²) in [5.74, 6) is -1.40. The van der Waals surface area contributed by atoms with Crippen LogP contribution < -0.4 is 36.2 Å². The van der Waals surface area contributed by atoms with Crippen LogP contribution in [0.15, 0.2) is 48.7 Å². The van der Waals surface area contributed by atoms with E-state index >= 15 is 0 Å². The highest BCUT2D eigenvalue weighted by Crippen LogP contribution is 2.34. The van der Waals surface area contributed by atoms with Crippen molar-refractivity contribution in [1.29, 1.82) is 0 Å². The number of para-hydroxylation sites is 1. The molecule has 0 saturated carbocycles. The Morgan fingerprint density at radius 1 is 0.845 bits per heavy atom. The average Bonchev–Trinajstić information content (AvgIpc) is 3.92. The topological polar surface area (TPSA) is 265 Å². The third-order valence-corrected chi connectivity index (χ3v) is 12.6. The number of imide groups is 2. The van der Waals surface area contributed by atoms with Gasteiger partial charge in [-0.05, 0) is 56.9 Å². The number of nitrogens with zero attached hydrogens (tertiary/aromatic N) is 6. The van der Waals surface area contributed by atoms with Crippen LogP contribution in [0.2, 0.25) is 5.02 Å². The number of ether oxygens (including phenoxy) is 4. The van der Waals surface area contributed by atoms with Gasteiger partial charge >= 0.3 is 0 Å². The molecule has 24 heteroatoms. The van der Waals surface area contributed by atoms with Crippen LogP contribution >= 0.6 is 22.9 Å². The number of nitrogens with one attached hydrogen (secondary N) is 5. The first-order chi connectivity index (χ1) is 34.3. The van der Waals surface area contributed by atoms with Crippen LogP contribution in [0.4, 0.5) is 22.5 Å². The number of aromatic nitrogens is 3. The highest BCUT2D eigenvalue weighted by molar-refractivity contribution is 7.17. The van der Waals surface area contributed by atoms with Gasteiger partial charge in [-0.15, -0.1) is 0 Å². The van der Waals surface area contributed by atoms with Crippen molar-refractivity contribution in [2.24, 2.45) is 0 Å². The highest BCUT2D eigenvalue weighted by Gasteiger charge is 2.46. The molecular formula is C47H56ClN11O11S. The predicted octanol–water partition coefficient (Wildman–Crippen LogP) is 2.86. The van der Waals surface area contributed by atoms with Gasteiger partial charge in [0.1, 0.15) is 34.1 Å². The van der Waals surface area contributed by atoms with Gasteiger partial charge in [-0.1, -0.05) is 41.1 Å². The zero-order valence-corrected chi connectivity index (χ0v) is 41.0. The first-order valence-corrected chi connectivity index (χ1v) is 24.4. The maximum absolute atomic E-state index is 13.2. The maximum atomic E-state index is 13.2. The number of carbonyl (C=O) groups excluding carboxylic acids is 7. The minimum Gasteiger partial charge on any atom is -0.483 e. The molecular weight excluding hydrogens is 962 g/mol. The van der Waals surface area contributed by atoms with E-state index in [9.17, 15) is 33.6 Å². The molecule has 1 atom stereocenters. The minimum absolute atomic E-state index is 0.00519. The van der Waals surface area contributed by atoms with Gasteiger partial charge in [-0.3, -0.25) is 48.7 Å². The van der Waals surface area contributed by atoms with Gasteiger partial charge in [0.2, 0.25) is 17.7 Å². The number of thiazole rings is 1. The molecule has 378 valence electrons. The summed E-state index contributed by atoms with van der Waals surface area (Å²) in [7, 11) is 0. The number of hydrogen-bond acceptors (Lipinski definition) is 18. The van der Waals surface area contributed by atoms with Crippen molar-refractivity contribution in [2.75, 3.05) is 108 Å². The SMILES string of the molecule is Cc1nc(Nc2ncc(C(=O)Nc3c(C)cccc3Cl)s2)cc(N2CCN(CC(=O)NCCCOCCOCCOCCCNC(=O)COc3cccc4c3C(=O)N(C3CCC(=O)NC3=O)C4=O)CC2)n1. The number of anilines is 4. The van der Waals surface area contributed by atoms with Gasteiger partial charge in [0.25, 0.3) is 23.6 Å². The summed E-state index contributed by atoms with van der Waals surface area (Å²) in [6.07, 6.45) is 2.74. The molecule has 2 aromatic carbocycles. The number of halogens is 1. The fourth-order valence-corrected chi connectivity index (χ4v) is 8.82. The van der Waals surface area contributed by atoms with Crippen LogP contribution in [-0.2, 0) is 33.4 Å². The van der Waals surface area contributed by atoms with Crippen molar-refractivity contribution in [3.05, 3.63) is 81.1 Å². The van der Waals surface area contributed by atoms with E-state index < -0.39 is 42.2 Å². The Balaban J connectivity index is 0.671. The largest absolute Gasteiger partial charge is 0.483 e. The van der Waals surface area contributed by atoms with E-state index in [-0.39, 0.29) is 41.5 Å². The van der Waals surface area contributed by atoms with E-state index in [0.717, 1.165) is 16.3 Å². The molecule has 1 unspecified atom stereocenters. The number of carbonyl (C=O) groups is 7. The number of hydrogen-bond donors (Lipinski definition) is 5. The third-order valence-electron chi connectivity index (χ3n) is 11.4. The number of piperidine rings is 1. The lowest BCUT2D eigenvalue weighted by Gasteiger charge is -2.35. The van der Waals surface area contributed by atoms with Crippen LogP contribution in [0, 0.1) is 13.8 Å². The summed E-state index contributed by atoms with van der Waals surface area (Å²) in [5, 5.41) is 14.9. The Bertz CT molecular complexity index is 2570. The number of rotatable bonds is 25. The summed E-state index contributed by atoms with van der Waals surface area (Å²) in [6, 6.07) is 10.6. The van der Waals surface area contributed by atoms with E-state index in [1.54, 1.807) is 6.07 Å². The molecule has 0 spiro atoms. The van der Waals surface area contributed by atoms with E-state index in [4.69, 9.17) is 30.5 Å². The lowest BCUT2D eigenvalue weighted by atomic mass is 10.0. The fraction of sp³-hybridized carbons (Fsp3) is 0.447. The molecule has 4 aromatic rings. The molecule has 0 radical (unpaired) electrons. The maximum Gasteiger partial charge on any atom is 0.267 e. The second-order valence-corrected chi connectivity index (χ2v) is 18.1. The summed E-state index contributed by atoms with van der Waals surface area (Å²) in [6.45, 7) is 9.53. The number of benzene rings is 2. The molecule has 3 aliphatic rings. The summed E-state index contributed by atoms with van der Waals surface area (Å²) < 4.78 is 22.3. The van der Waals surface area contributed by atoms with E-state index in [2.05, 4.69) is 51.3 Å². The summed E-state index contributed by atoms with van der Waals surface area (Å²) in [5.41, 5.74) is 1.45. The van der Waals surface area contributed by atoms with Crippen molar-refractivity contribution in [2.45, 2.75) is 45.6 Å².